The predicted molar refractivity (Wildman–Crippen MR) is 202 cm³/mol. The number of aromatic hydroxyl groups is 1. The summed E-state index contributed by atoms with van der Waals surface area (Å²) in [6.07, 6.45) is 1.40. The van der Waals surface area contributed by atoms with Crippen LogP contribution in [-0.4, -0.2) is 67.5 Å². The number of rotatable bonds is 22. The Bertz CT molecular complexity index is 1570. The third-order valence-corrected chi connectivity index (χ3v) is 11.1. The van der Waals surface area contributed by atoms with E-state index >= 15 is 0 Å². The third-order valence-electron chi connectivity index (χ3n) is 10.0. The van der Waals surface area contributed by atoms with Gasteiger partial charge in [-0.25, -0.2) is 0 Å². The molecule has 0 spiro atoms. The van der Waals surface area contributed by atoms with Crippen LogP contribution in [0, 0.1) is 24.7 Å². The summed E-state index contributed by atoms with van der Waals surface area (Å²) in [6, 6.07) is 7.75. The summed E-state index contributed by atoms with van der Waals surface area (Å²) in [5.74, 6) is -10.7. The normalized spacial score (nSPS) is 13.8. The number of anilines is 1. The predicted octanol–water partition coefficient (Wildman–Crippen LogP) is 7.99. The second-order valence-corrected chi connectivity index (χ2v) is 15.5. The first-order chi connectivity index (χ1) is 24.1. The molecule has 0 radical (unpaired) electrons. The third kappa shape index (κ3) is 11.3. The number of phenols is 1. The average molecular weight is 768 g/mol. The van der Waals surface area contributed by atoms with Gasteiger partial charge in [0.2, 0.25) is 0 Å². The summed E-state index contributed by atoms with van der Waals surface area (Å²) >= 11 is 10.9. The maximum absolute atomic E-state index is 11.7. The molecule has 0 aromatic heterocycles. The van der Waals surface area contributed by atoms with Crippen molar-refractivity contribution >= 4 is 53.8 Å². The molecular formula is C38H54ClNO11S. The first-order valence-corrected chi connectivity index (χ1v) is 18.3. The molecule has 0 aliphatic heterocycles. The maximum Gasteiger partial charge on any atom is 0.317 e. The van der Waals surface area contributed by atoms with Gasteiger partial charge in [-0.3, -0.25) is 19.2 Å². The number of halogens is 1. The smallest absolute Gasteiger partial charge is 0.317 e. The number of carboxylic acid groups (broad SMARTS) is 4. The first-order valence-electron chi connectivity index (χ1n) is 17.4. The van der Waals surface area contributed by atoms with E-state index in [0.29, 0.717) is 17.7 Å². The Labute approximate surface area is 316 Å². The average Bonchev–Trinajstić information content (AvgIpc) is 3.07. The van der Waals surface area contributed by atoms with E-state index in [2.05, 4.69) is 71.6 Å². The van der Waals surface area contributed by atoms with E-state index in [1.807, 2.05) is 13.0 Å². The Morgan fingerprint density at radius 2 is 1.38 bits per heavy atom. The van der Waals surface area contributed by atoms with Crippen LogP contribution < -0.4 is 14.8 Å². The fourth-order valence-electron chi connectivity index (χ4n) is 5.58. The van der Waals surface area contributed by atoms with Gasteiger partial charge in [0.25, 0.3) is 0 Å². The molecule has 14 heteroatoms. The molecule has 6 N–H and O–H groups in total. The number of nitrogens with one attached hydrogen (secondary N) is 1. The molecule has 0 aliphatic rings. The molecule has 0 saturated carbocycles. The molecule has 0 aliphatic carbocycles. The van der Waals surface area contributed by atoms with Crippen molar-refractivity contribution in [2.24, 2.45) is 17.8 Å². The fraction of sp³-hybridized carbons (Fsp3) is 0.579. The van der Waals surface area contributed by atoms with E-state index in [9.17, 15) is 44.7 Å². The highest BCUT2D eigenvalue weighted by molar-refractivity contribution is 7.81. The van der Waals surface area contributed by atoms with Crippen molar-refractivity contribution < 1.29 is 54.2 Å². The minimum atomic E-state index is -1.89. The fourth-order valence-corrected chi connectivity index (χ4v) is 6.20. The molecule has 2 aromatic rings. The molecule has 12 nitrogen and oxygen atoms in total. The van der Waals surface area contributed by atoms with E-state index in [-0.39, 0.29) is 39.6 Å². The highest BCUT2D eigenvalue weighted by atomic mass is 35.5. The number of hydrogen-bond acceptors (Lipinski definition) is 9. The molecule has 3 atom stereocenters. The molecule has 290 valence electrons. The zero-order valence-corrected chi connectivity index (χ0v) is 32.8. The molecule has 0 heterocycles. The van der Waals surface area contributed by atoms with Crippen LogP contribution >= 0.6 is 24.2 Å². The van der Waals surface area contributed by atoms with Crippen LogP contribution in [0.15, 0.2) is 24.3 Å². The van der Waals surface area contributed by atoms with Crippen LogP contribution in [0.4, 0.5) is 5.69 Å². The van der Waals surface area contributed by atoms with Crippen LogP contribution in [0.1, 0.15) is 104 Å². The number of hydrogen-bond donors (Lipinski definition) is 7. The number of ether oxygens (including phenoxy) is 2. The summed E-state index contributed by atoms with van der Waals surface area (Å²) in [5.41, 5.74) is 2.49. The lowest BCUT2D eigenvalue weighted by atomic mass is 9.76. The van der Waals surface area contributed by atoms with Gasteiger partial charge in [0, 0.05) is 34.8 Å². The molecule has 0 bridgehead atoms. The largest absolute Gasteiger partial charge is 0.504 e. The van der Waals surface area contributed by atoms with E-state index in [0.717, 1.165) is 24.8 Å². The van der Waals surface area contributed by atoms with Gasteiger partial charge in [-0.2, -0.15) is 12.6 Å². The summed E-state index contributed by atoms with van der Waals surface area (Å²) in [6.45, 7) is 16.2. The zero-order chi connectivity index (χ0) is 39.7. The van der Waals surface area contributed by atoms with Crippen LogP contribution in [0.5, 0.6) is 17.2 Å². The molecule has 3 unspecified atom stereocenters. The minimum absolute atomic E-state index is 0.0403. The number of aliphatic carboxylic acids is 4. The summed E-state index contributed by atoms with van der Waals surface area (Å²) in [7, 11) is 0. The second-order valence-electron chi connectivity index (χ2n) is 14.5. The van der Waals surface area contributed by atoms with Gasteiger partial charge in [0.15, 0.2) is 23.8 Å². The van der Waals surface area contributed by atoms with Crippen molar-refractivity contribution in [2.75, 3.05) is 11.9 Å². The van der Waals surface area contributed by atoms with Gasteiger partial charge < -0.3 is 40.3 Å². The first kappa shape index (κ1) is 44.3. The van der Waals surface area contributed by atoms with Gasteiger partial charge in [0.05, 0.1) is 17.3 Å². The number of carbonyl (C=O) groups is 4. The van der Waals surface area contributed by atoms with E-state index in [1.165, 1.54) is 11.6 Å². The monoisotopic (exact) mass is 767 g/mol. The summed E-state index contributed by atoms with van der Waals surface area (Å²) in [5, 5.41) is 51.1. The number of benzene rings is 2. The quantitative estimate of drug-likeness (QED) is 0.0264. The molecule has 0 saturated heterocycles. The van der Waals surface area contributed by atoms with E-state index in [1.54, 1.807) is 6.92 Å². The number of carboxylic acids is 4. The Morgan fingerprint density at radius 1 is 0.846 bits per heavy atom. The van der Waals surface area contributed by atoms with Crippen molar-refractivity contribution in [3.05, 3.63) is 46.0 Å². The van der Waals surface area contributed by atoms with Crippen molar-refractivity contribution in [3.8, 4) is 17.2 Å². The van der Waals surface area contributed by atoms with Crippen molar-refractivity contribution in [1.82, 2.24) is 0 Å². The lowest BCUT2D eigenvalue weighted by Crippen LogP contribution is -2.35. The van der Waals surface area contributed by atoms with Gasteiger partial charge in [-0.15, -0.1) is 0 Å². The van der Waals surface area contributed by atoms with Crippen molar-refractivity contribution in [3.63, 3.8) is 0 Å². The molecule has 2 rings (SSSR count). The lowest BCUT2D eigenvalue weighted by molar-refractivity contribution is -0.158. The van der Waals surface area contributed by atoms with E-state index in [4.69, 9.17) is 21.1 Å². The van der Waals surface area contributed by atoms with Crippen molar-refractivity contribution in [1.29, 1.82) is 0 Å². The summed E-state index contributed by atoms with van der Waals surface area (Å²) < 4.78 is 12.7. The second kappa shape index (κ2) is 18.8. The SMILES string of the molecule is CCCC(Nc1cc(OCC(CC(C(=O)O)C(=O)O)C(S)CC(C(=O)O)C(=O)O)c(C)c(Cl)c1O)Oc1ccc(C(C)(C)CC)cc1C(C)(C)CC. The lowest BCUT2D eigenvalue weighted by Gasteiger charge is -2.32. The van der Waals surface area contributed by atoms with Gasteiger partial charge in [-0.1, -0.05) is 78.6 Å². The number of phenolic OH excluding ortho intramolecular Hbond substituents is 1. The molecule has 2 aromatic carbocycles. The van der Waals surface area contributed by atoms with Crippen LogP contribution in [0.25, 0.3) is 0 Å². The molecular weight excluding hydrogens is 714 g/mol. The van der Waals surface area contributed by atoms with Crippen LogP contribution in [0.3, 0.4) is 0 Å². The highest BCUT2D eigenvalue weighted by Crippen LogP contribution is 2.43. The molecule has 52 heavy (non-hydrogen) atoms. The Morgan fingerprint density at radius 3 is 1.88 bits per heavy atom. The molecule has 0 fully saturated rings. The summed E-state index contributed by atoms with van der Waals surface area (Å²) in [4.78, 5) is 46.7. The van der Waals surface area contributed by atoms with Crippen molar-refractivity contribution in [2.45, 2.75) is 116 Å². The Balaban J connectivity index is 2.52. The Hall–Kier alpha value is -3.84. The maximum atomic E-state index is 11.7. The van der Waals surface area contributed by atoms with E-state index < -0.39 is 66.0 Å². The zero-order valence-electron chi connectivity index (χ0n) is 31.2. The minimum Gasteiger partial charge on any atom is -0.504 e. The topological polar surface area (TPSA) is 200 Å². The number of thiol groups is 1. The van der Waals surface area contributed by atoms with Gasteiger partial charge >= 0.3 is 23.9 Å². The molecule has 0 amide bonds. The van der Waals surface area contributed by atoms with Gasteiger partial charge in [0.1, 0.15) is 11.5 Å². The Kier molecular flexibility index (Phi) is 16.0. The van der Waals surface area contributed by atoms with Crippen LogP contribution in [0.2, 0.25) is 5.02 Å². The van der Waals surface area contributed by atoms with Gasteiger partial charge in [-0.05, 0) is 55.1 Å². The van der Waals surface area contributed by atoms with Crippen LogP contribution in [-0.2, 0) is 30.0 Å². The highest BCUT2D eigenvalue weighted by Gasteiger charge is 2.36. The standard InChI is InChI=1S/C38H54ClNO11S/c1-9-12-30(51-27-14-13-22(37(5,6)10-2)16-25(27)38(7,8)11-3)40-26-18-28(20(4)31(39)32(26)41)50-19-21(15-23(33(42)43)34(44)45)29(52)17-24(35(46)47)36(48)49/h13-14,16,18,21,23-24,29-30,40-41,52H,9-12,15,17,19H2,1-8H3,(H,42,43)(H,44,45)(H,46,47)(H,48,49).